The van der Waals surface area contributed by atoms with Crippen LogP contribution in [0.4, 0.5) is 4.39 Å². The molecule has 1 fully saturated rings. The number of hydrogen-bond acceptors (Lipinski definition) is 1. The third-order valence-corrected chi connectivity index (χ3v) is 2.97. The number of hydrogen-bond donors (Lipinski definition) is 1. The highest BCUT2D eigenvalue weighted by Gasteiger charge is 2.36. The van der Waals surface area contributed by atoms with E-state index in [9.17, 15) is 9.18 Å². The van der Waals surface area contributed by atoms with Crippen LogP contribution in [0, 0.1) is 0 Å². The maximum absolute atomic E-state index is 13.7. The SMILES string of the molecule is O=C(O)c1ccc(CC2(F)CCC2)cc1. The van der Waals surface area contributed by atoms with Gasteiger partial charge < -0.3 is 5.11 Å². The fraction of sp³-hybridized carbons (Fsp3) is 0.417. The lowest BCUT2D eigenvalue weighted by Gasteiger charge is -2.33. The number of carboxylic acids is 1. The van der Waals surface area contributed by atoms with E-state index in [2.05, 4.69) is 0 Å². The molecule has 0 bridgehead atoms. The summed E-state index contributed by atoms with van der Waals surface area (Å²) in [5, 5.41) is 8.69. The van der Waals surface area contributed by atoms with Gasteiger partial charge in [0.2, 0.25) is 0 Å². The van der Waals surface area contributed by atoms with Crippen molar-refractivity contribution in [1.82, 2.24) is 0 Å². The van der Waals surface area contributed by atoms with Gasteiger partial charge in [-0.05, 0) is 37.0 Å². The second kappa shape index (κ2) is 3.65. The zero-order valence-corrected chi connectivity index (χ0v) is 8.37. The van der Waals surface area contributed by atoms with Crippen molar-refractivity contribution in [1.29, 1.82) is 0 Å². The summed E-state index contributed by atoms with van der Waals surface area (Å²) >= 11 is 0. The highest BCUT2D eigenvalue weighted by atomic mass is 19.1. The van der Waals surface area contributed by atoms with E-state index in [0.717, 1.165) is 12.0 Å². The average molecular weight is 208 g/mol. The summed E-state index contributed by atoms with van der Waals surface area (Å²) < 4.78 is 13.7. The van der Waals surface area contributed by atoms with Crippen LogP contribution < -0.4 is 0 Å². The average Bonchev–Trinajstić information content (AvgIpc) is 2.16. The largest absolute Gasteiger partial charge is 0.478 e. The Morgan fingerprint density at radius 3 is 2.33 bits per heavy atom. The molecule has 1 aromatic carbocycles. The smallest absolute Gasteiger partial charge is 0.335 e. The van der Waals surface area contributed by atoms with Gasteiger partial charge in [0.05, 0.1) is 5.56 Å². The summed E-state index contributed by atoms with van der Waals surface area (Å²) in [5.74, 6) is -0.944. The van der Waals surface area contributed by atoms with E-state index in [4.69, 9.17) is 5.11 Å². The van der Waals surface area contributed by atoms with Crippen molar-refractivity contribution < 1.29 is 14.3 Å². The lowest BCUT2D eigenvalue weighted by molar-refractivity contribution is 0.0641. The molecule has 1 aliphatic carbocycles. The van der Waals surface area contributed by atoms with E-state index in [0.29, 0.717) is 19.3 Å². The van der Waals surface area contributed by atoms with Crippen LogP contribution >= 0.6 is 0 Å². The van der Waals surface area contributed by atoms with Gasteiger partial charge in [0, 0.05) is 6.42 Å². The van der Waals surface area contributed by atoms with Crippen LogP contribution in [0.1, 0.15) is 35.2 Å². The van der Waals surface area contributed by atoms with Crippen molar-refractivity contribution in [3.05, 3.63) is 35.4 Å². The molecule has 2 nitrogen and oxygen atoms in total. The van der Waals surface area contributed by atoms with E-state index in [-0.39, 0.29) is 5.56 Å². The Morgan fingerprint density at radius 1 is 1.33 bits per heavy atom. The molecular weight excluding hydrogens is 195 g/mol. The highest BCUT2D eigenvalue weighted by molar-refractivity contribution is 5.87. The zero-order chi connectivity index (χ0) is 10.9. The van der Waals surface area contributed by atoms with Gasteiger partial charge in [-0.3, -0.25) is 0 Å². The summed E-state index contributed by atoms with van der Waals surface area (Å²) in [6, 6.07) is 6.45. The van der Waals surface area contributed by atoms with Gasteiger partial charge in [0.15, 0.2) is 0 Å². The highest BCUT2D eigenvalue weighted by Crippen LogP contribution is 2.38. The van der Waals surface area contributed by atoms with Crippen molar-refractivity contribution in [3.63, 3.8) is 0 Å². The molecule has 3 heteroatoms. The first kappa shape index (κ1) is 10.1. The first-order valence-electron chi connectivity index (χ1n) is 5.10. The fourth-order valence-electron chi connectivity index (χ4n) is 1.87. The van der Waals surface area contributed by atoms with Gasteiger partial charge in [0.1, 0.15) is 5.67 Å². The number of rotatable bonds is 3. The molecule has 2 rings (SSSR count). The van der Waals surface area contributed by atoms with E-state index in [1.54, 1.807) is 12.1 Å². The van der Waals surface area contributed by atoms with Crippen LogP contribution in [-0.4, -0.2) is 16.7 Å². The molecule has 15 heavy (non-hydrogen) atoms. The van der Waals surface area contributed by atoms with Crippen LogP contribution in [0.3, 0.4) is 0 Å². The van der Waals surface area contributed by atoms with Crippen LogP contribution in [0.2, 0.25) is 0 Å². The molecule has 0 aliphatic heterocycles. The molecule has 1 N–H and O–H groups in total. The third-order valence-electron chi connectivity index (χ3n) is 2.97. The standard InChI is InChI=1S/C12H13FO2/c13-12(6-1-7-12)8-9-2-4-10(5-3-9)11(14)15/h2-5H,1,6-8H2,(H,14,15). The van der Waals surface area contributed by atoms with Gasteiger partial charge >= 0.3 is 5.97 Å². The molecule has 1 aromatic rings. The maximum atomic E-state index is 13.7. The van der Waals surface area contributed by atoms with Crippen LogP contribution in [0.15, 0.2) is 24.3 Å². The first-order valence-corrected chi connectivity index (χ1v) is 5.10. The number of halogens is 1. The molecule has 0 atom stereocenters. The number of alkyl halides is 1. The molecule has 0 aromatic heterocycles. The Hall–Kier alpha value is -1.38. The summed E-state index contributed by atoms with van der Waals surface area (Å²) in [6.45, 7) is 0. The van der Waals surface area contributed by atoms with E-state index < -0.39 is 11.6 Å². The van der Waals surface area contributed by atoms with Crippen molar-refractivity contribution in [2.24, 2.45) is 0 Å². The van der Waals surface area contributed by atoms with Crippen molar-refractivity contribution in [2.45, 2.75) is 31.4 Å². The normalized spacial score (nSPS) is 18.2. The predicted molar refractivity (Wildman–Crippen MR) is 54.8 cm³/mol. The Morgan fingerprint density at radius 2 is 1.93 bits per heavy atom. The molecule has 1 saturated carbocycles. The molecule has 0 radical (unpaired) electrons. The number of benzene rings is 1. The van der Waals surface area contributed by atoms with Crippen molar-refractivity contribution in [3.8, 4) is 0 Å². The Balaban J connectivity index is 2.07. The molecule has 0 amide bonds. The second-order valence-electron chi connectivity index (χ2n) is 4.18. The predicted octanol–water partition coefficient (Wildman–Crippen LogP) is 2.82. The molecule has 0 unspecified atom stereocenters. The lowest BCUT2D eigenvalue weighted by Crippen LogP contribution is -2.34. The quantitative estimate of drug-likeness (QED) is 0.829. The molecule has 0 heterocycles. The molecule has 1 aliphatic rings. The first-order chi connectivity index (χ1) is 7.09. The van der Waals surface area contributed by atoms with Crippen LogP contribution in [0.5, 0.6) is 0 Å². The molecule has 80 valence electrons. The minimum atomic E-state index is -1.04. The van der Waals surface area contributed by atoms with Gasteiger partial charge in [-0.1, -0.05) is 12.1 Å². The van der Waals surface area contributed by atoms with Crippen LogP contribution in [0.25, 0.3) is 0 Å². The Bertz CT molecular complexity index is 366. The number of carbonyl (C=O) groups is 1. The van der Waals surface area contributed by atoms with Gasteiger partial charge in [-0.25, -0.2) is 9.18 Å². The van der Waals surface area contributed by atoms with E-state index in [1.165, 1.54) is 12.1 Å². The summed E-state index contributed by atoms with van der Waals surface area (Å²) in [4.78, 5) is 10.6. The Labute approximate surface area is 87.7 Å². The minimum absolute atomic E-state index is 0.250. The minimum Gasteiger partial charge on any atom is -0.478 e. The molecular formula is C12H13FO2. The summed E-state index contributed by atoms with van der Waals surface area (Å²) in [5.41, 5.74) is 0.0903. The van der Waals surface area contributed by atoms with Gasteiger partial charge in [-0.2, -0.15) is 0 Å². The topological polar surface area (TPSA) is 37.3 Å². The fourth-order valence-corrected chi connectivity index (χ4v) is 1.87. The summed E-state index contributed by atoms with van der Waals surface area (Å²) in [7, 11) is 0. The maximum Gasteiger partial charge on any atom is 0.335 e. The monoisotopic (exact) mass is 208 g/mol. The van der Waals surface area contributed by atoms with Gasteiger partial charge in [0.25, 0.3) is 0 Å². The second-order valence-corrected chi connectivity index (χ2v) is 4.18. The lowest BCUT2D eigenvalue weighted by atomic mass is 9.78. The summed E-state index contributed by atoms with van der Waals surface area (Å²) in [6.07, 6.45) is 2.64. The van der Waals surface area contributed by atoms with Crippen molar-refractivity contribution in [2.75, 3.05) is 0 Å². The number of carboxylic acid groups (broad SMARTS) is 1. The Kier molecular flexibility index (Phi) is 2.47. The van der Waals surface area contributed by atoms with E-state index >= 15 is 0 Å². The zero-order valence-electron chi connectivity index (χ0n) is 8.37. The van der Waals surface area contributed by atoms with Crippen LogP contribution in [-0.2, 0) is 6.42 Å². The van der Waals surface area contributed by atoms with E-state index in [1.807, 2.05) is 0 Å². The van der Waals surface area contributed by atoms with Gasteiger partial charge in [-0.15, -0.1) is 0 Å². The molecule has 0 saturated heterocycles. The third kappa shape index (κ3) is 2.17. The van der Waals surface area contributed by atoms with Crippen molar-refractivity contribution >= 4 is 5.97 Å². The number of aromatic carboxylic acids is 1. The molecule has 0 spiro atoms.